The first-order chi connectivity index (χ1) is 9.78. The summed E-state index contributed by atoms with van der Waals surface area (Å²) in [7, 11) is -3.57. The van der Waals surface area contributed by atoms with E-state index in [0.29, 0.717) is 12.1 Å². The summed E-state index contributed by atoms with van der Waals surface area (Å²) in [6, 6.07) is 6.16. The summed E-state index contributed by atoms with van der Waals surface area (Å²) in [6.45, 7) is 6.05. The Labute approximate surface area is 126 Å². The Morgan fingerprint density at radius 2 is 2.05 bits per heavy atom. The first-order valence-electron chi connectivity index (χ1n) is 6.82. The minimum Gasteiger partial charge on any atom is -0.478 e. The molecule has 0 unspecified atom stereocenters. The number of sulfonamides is 1. The lowest BCUT2D eigenvalue weighted by atomic mass is 10.2. The van der Waals surface area contributed by atoms with Gasteiger partial charge in [-0.3, -0.25) is 0 Å². The van der Waals surface area contributed by atoms with Crippen LogP contribution in [0.2, 0.25) is 0 Å². The van der Waals surface area contributed by atoms with E-state index in [-0.39, 0.29) is 10.9 Å². The van der Waals surface area contributed by atoms with Gasteiger partial charge in [0.15, 0.2) is 0 Å². The van der Waals surface area contributed by atoms with Gasteiger partial charge in [0, 0.05) is 18.7 Å². The van der Waals surface area contributed by atoms with Crippen LogP contribution in [0.25, 0.3) is 6.08 Å². The van der Waals surface area contributed by atoms with Crippen LogP contribution in [0, 0.1) is 0 Å². The highest BCUT2D eigenvalue weighted by atomic mass is 32.2. The normalized spacial score (nSPS) is 12.4. The first-order valence-corrected chi connectivity index (χ1v) is 8.26. The highest BCUT2D eigenvalue weighted by Crippen LogP contribution is 2.20. The molecule has 0 amide bonds. The van der Waals surface area contributed by atoms with Gasteiger partial charge in [-0.25, -0.2) is 13.2 Å². The quantitative estimate of drug-likeness (QED) is 0.785. The lowest BCUT2D eigenvalue weighted by Gasteiger charge is -2.25. The lowest BCUT2D eigenvalue weighted by Crippen LogP contribution is -2.37. The number of rotatable bonds is 7. The van der Waals surface area contributed by atoms with Gasteiger partial charge < -0.3 is 5.11 Å². The van der Waals surface area contributed by atoms with Gasteiger partial charge in [-0.1, -0.05) is 19.1 Å². The van der Waals surface area contributed by atoms with E-state index in [0.717, 1.165) is 12.5 Å². The van der Waals surface area contributed by atoms with Gasteiger partial charge >= 0.3 is 5.97 Å². The molecule has 1 aromatic rings. The van der Waals surface area contributed by atoms with Crippen LogP contribution < -0.4 is 0 Å². The molecule has 21 heavy (non-hydrogen) atoms. The molecule has 5 nitrogen and oxygen atoms in total. The van der Waals surface area contributed by atoms with Crippen LogP contribution in [0.4, 0.5) is 0 Å². The molecule has 0 saturated heterocycles. The van der Waals surface area contributed by atoms with Gasteiger partial charge in [-0.2, -0.15) is 4.31 Å². The monoisotopic (exact) mass is 311 g/mol. The Hall–Kier alpha value is -1.66. The van der Waals surface area contributed by atoms with Gasteiger partial charge in [-0.15, -0.1) is 0 Å². The maximum atomic E-state index is 12.6. The van der Waals surface area contributed by atoms with Crippen LogP contribution in [-0.4, -0.2) is 36.4 Å². The number of carbonyl (C=O) groups is 1. The fourth-order valence-corrected chi connectivity index (χ4v) is 3.74. The number of nitrogens with zero attached hydrogens (tertiary/aromatic N) is 1. The first kappa shape index (κ1) is 17.4. The van der Waals surface area contributed by atoms with Crippen LogP contribution in [0.15, 0.2) is 35.2 Å². The van der Waals surface area contributed by atoms with Crippen molar-refractivity contribution in [1.82, 2.24) is 4.31 Å². The highest BCUT2D eigenvalue weighted by Gasteiger charge is 2.26. The lowest BCUT2D eigenvalue weighted by molar-refractivity contribution is -0.131. The molecule has 0 atom stereocenters. The van der Waals surface area contributed by atoms with Gasteiger partial charge in [0.05, 0.1) is 4.90 Å². The smallest absolute Gasteiger partial charge is 0.328 e. The molecule has 0 aromatic heterocycles. The second-order valence-electron chi connectivity index (χ2n) is 4.95. The molecule has 0 saturated carbocycles. The van der Waals surface area contributed by atoms with Crippen LogP contribution in [-0.2, 0) is 14.8 Å². The number of carboxylic acid groups (broad SMARTS) is 1. The maximum Gasteiger partial charge on any atom is 0.328 e. The van der Waals surface area contributed by atoms with Gasteiger partial charge in [0.25, 0.3) is 0 Å². The summed E-state index contributed by atoms with van der Waals surface area (Å²) in [4.78, 5) is 10.7. The second-order valence-corrected chi connectivity index (χ2v) is 6.84. The maximum absolute atomic E-state index is 12.6. The highest BCUT2D eigenvalue weighted by molar-refractivity contribution is 7.89. The average molecular weight is 311 g/mol. The van der Waals surface area contributed by atoms with Crippen molar-refractivity contribution in [3.05, 3.63) is 35.9 Å². The van der Waals surface area contributed by atoms with Crippen molar-refractivity contribution in [2.75, 3.05) is 6.54 Å². The molecule has 1 aromatic carbocycles. The summed E-state index contributed by atoms with van der Waals surface area (Å²) < 4.78 is 26.7. The van der Waals surface area contributed by atoms with Crippen LogP contribution in [0.1, 0.15) is 32.8 Å². The Morgan fingerprint density at radius 3 is 2.57 bits per heavy atom. The molecule has 0 aliphatic heterocycles. The molecule has 0 fully saturated rings. The summed E-state index contributed by atoms with van der Waals surface area (Å²) >= 11 is 0. The zero-order valence-electron chi connectivity index (χ0n) is 12.5. The van der Waals surface area contributed by atoms with E-state index < -0.39 is 16.0 Å². The molecule has 0 spiro atoms. The minimum atomic E-state index is -3.57. The number of benzene rings is 1. The van der Waals surface area contributed by atoms with Crippen molar-refractivity contribution in [2.24, 2.45) is 0 Å². The average Bonchev–Trinajstić information content (AvgIpc) is 2.42. The third-order valence-corrected chi connectivity index (χ3v) is 4.97. The van der Waals surface area contributed by atoms with Gasteiger partial charge in [-0.05, 0) is 44.0 Å². The number of aliphatic carboxylic acids is 1. The summed E-state index contributed by atoms with van der Waals surface area (Å²) in [5.41, 5.74) is 0.540. The predicted octanol–water partition coefficient (Wildman–Crippen LogP) is 2.59. The molecule has 6 heteroatoms. The summed E-state index contributed by atoms with van der Waals surface area (Å²) in [5, 5.41) is 8.62. The summed E-state index contributed by atoms with van der Waals surface area (Å²) in [5.74, 6) is -1.07. The Bertz CT molecular complexity index is 620. The van der Waals surface area contributed by atoms with Gasteiger partial charge in [0.2, 0.25) is 10.0 Å². The zero-order valence-corrected chi connectivity index (χ0v) is 13.3. The molecule has 0 bridgehead atoms. The Kier molecular flexibility index (Phi) is 6.11. The van der Waals surface area contributed by atoms with Crippen molar-refractivity contribution >= 4 is 22.1 Å². The fourth-order valence-electron chi connectivity index (χ4n) is 1.96. The van der Waals surface area contributed by atoms with Crippen molar-refractivity contribution in [2.45, 2.75) is 38.1 Å². The number of carboxylic acids is 1. The third-order valence-electron chi connectivity index (χ3n) is 2.90. The molecule has 0 aliphatic carbocycles. The fraction of sp³-hybridized carbons (Fsp3) is 0.400. The molecule has 1 N–H and O–H groups in total. The van der Waals surface area contributed by atoms with Crippen molar-refractivity contribution in [3.63, 3.8) is 0 Å². The van der Waals surface area contributed by atoms with E-state index >= 15 is 0 Å². The molecule has 0 radical (unpaired) electrons. The molecule has 0 heterocycles. The SMILES string of the molecule is CCCN(C(C)C)S(=O)(=O)c1cccc(C=CC(=O)O)c1. The Morgan fingerprint density at radius 1 is 1.38 bits per heavy atom. The molecule has 116 valence electrons. The van der Waals surface area contributed by atoms with E-state index in [4.69, 9.17) is 5.11 Å². The molecular weight excluding hydrogens is 290 g/mol. The van der Waals surface area contributed by atoms with Crippen molar-refractivity contribution in [1.29, 1.82) is 0 Å². The minimum absolute atomic E-state index is 0.131. The number of hydrogen-bond acceptors (Lipinski definition) is 3. The topological polar surface area (TPSA) is 74.7 Å². The van der Waals surface area contributed by atoms with Crippen LogP contribution in [0.5, 0.6) is 0 Å². The zero-order chi connectivity index (χ0) is 16.0. The third kappa shape index (κ3) is 4.68. The van der Waals surface area contributed by atoms with Crippen LogP contribution >= 0.6 is 0 Å². The largest absolute Gasteiger partial charge is 0.478 e. The predicted molar refractivity (Wildman–Crippen MR) is 82.4 cm³/mol. The van der Waals surface area contributed by atoms with E-state index in [1.807, 2.05) is 20.8 Å². The molecule has 1 rings (SSSR count). The molecular formula is C15H21NO4S. The van der Waals surface area contributed by atoms with Crippen molar-refractivity contribution < 1.29 is 18.3 Å². The number of hydrogen-bond donors (Lipinski definition) is 1. The van der Waals surface area contributed by atoms with Crippen LogP contribution in [0.3, 0.4) is 0 Å². The second kappa shape index (κ2) is 7.38. The van der Waals surface area contributed by atoms with E-state index in [2.05, 4.69) is 0 Å². The van der Waals surface area contributed by atoms with E-state index in [1.165, 1.54) is 22.5 Å². The standard InChI is InChI=1S/C15H21NO4S/c1-4-10-16(12(2)3)21(19,20)14-7-5-6-13(11-14)8-9-15(17)18/h5-9,11-12H,4,10H2,1-3H3,(H,17,18). The summed E-state index contributed by atoms with van der Waals surface area (Å²) in [6.07, 6.45) is 3.09. The van der Waals surface area contributed by atoms with Gasteiger partial charge in [0.1, 0.15) is 0 Å². The van der Waals surface area contributed by atoms with E-state index in [9.17, 15) is 13.2 Å². The van der Waals surface area contributed by atoms with E-state index in [1.54, 1.807) is 12.1 Å². The molecule has 0 aliphatic rings. The Balaban J connectivity index is 3.19. The van der Waals surface area contributed by atoms with Crippen molar-refractivity contribution in [3.8, 4) is 0 Å².